The fraction of sp³-hybridized carbons (Fsp3) is 0.231. The highest BCUT2D eigenvalue weighted by Gasteiger charge is 2.19. The van der Waals surface area contributed by atoms with Gasteiger partial charge in [0, 0.05) is 11.8 Å². The Morgan fingerprint density at radius 2 is 2.06 bits per heavy atom. The van der Waals surface area contributed by atoms with E-state index in [2.05, 4.69) is 39.6 Å². The van der Waals surface area contributed by atoms with Gasteiger partial charge in [0.1, 0.15) is 12.1 Å². The Morgan fingerprint density at radius 3 is 2.94 bits per heavy atom. The fourth-order valence-corrected chi connectivity index (χ4v) is 2.14. The second kappa shape index (κ2) is 3.93. The number of anilines is 1. The van der Waals surface area contributed by atoms with Crippen molar-refractivity contribution in [3.8, 4) is 0 Å². The van der Waals surface area contributed by atoms with Crippen molar-refractivity contribution in [2.75, 3.05) is 5.32 Å². The van der Waals surface area contributed by atoms with Gasteiger partial charge in [-0.1, -0.05) is 30.3 Å². The first-order valence-corrected chi connectivity index (χ1v) is 5.54. The molecule has 1 aliphatic heterocycles. The van der Waals surface area contributed by atoms with Crippen LogP contribution >= 0.6 is 0 Å². The van der Waals surface area contributed by atoms with Crippen LogP contribution in [0.2, 0.25) is 0 Å². The number of nitrogens with one attached hydrogen (secondary N) is 1. The smallest absolute Gasteiger partial charge is 0.133 e. The van der Waals surface area contributed by atoms with Crippen LogP contribution in [0.1, 0.15) is 23.6 Å². The van der Waals surface area contributed by atoms with E-state index in [4.69, 9.17) is 0 Å². The summed E-state index contributed by atoms with van der Waals surface area (Å²) in [7, 11) is 0. The average molecular weight is 211 g/mol. The van der Waals surface area contributed by atoms with Crippen molar-refractivity contribution in [1.82, 2.24) is 9.97 Å². The standard InChI is InChI=1S/C13H13N3/c1-2-4-10(5-3-1)12-7-6-11-8-14-9-15-13(11)16-12/h1-5,8-9,12H,6-7H2,(H,14,15,16). The molecule has 1 aromatic carbocycles. The third-order valence-electron chi connectivity index (χ3n) is 3.00. The quantitative estimate of drug-likeness (QED) is 0.787. The maximum atomic E-state index is 4.27. The van der Waals surface area contributed by atoms with E-state index in [1.807, 2.05) is 12.3 Å². The van der Waals surface area contributed by atoms with Crippen LogP contribution in [0.5, 0.6) is 0 Å². The van der Waals surface area contributed by atoms with Gasteiger partial charge in [0.05, 0.1) is 6.04 Å². The SMILES string of the molecule is c1ccc(C2CCc3cncnc3N2)cc1. The van der Waals surface area contributed by atoms with Crippen molar-refractivity contribution < 1.29 is 0 Å². The third-order valence-corrected chi connectivity index (χ3v) is 3.00. The molecular weight excluding hydrogens is 198 g/mol. The number of aryl methyl sites for hydroxylation is 1. The summed E-state index contributed by atoms with van der Waals surface area (Å²) in [5.41, 5.74) is 2.54. The monoisotopic (exact) mass is 211 g/mol. The summed E-state index contributed by atoms with van der Waals surface area (Å²) in [6.07, 6.45) is 5.64. The van der Waals surface area contributed by atoms with E-state index in [9.17, 15) is 0 Å². The van der Waals surface area contributed by atoms with Crippen molar-refractivity contribution in [3.63, 3.8) is 0 Å². The lowest BCUT2D eigenvalue weighted by Crippen LogP contribution is -2.19. The molecule has 0 radical (unpaired) electrons. The van der Waals surface area contributed by atoms with Gasteiger partial charge in [-0.15, -0.1) is 0 Å². The van der Waals surface area contributed by atoms with E-state index in [0.29, 0.717) is 6.04 Å². The lowest BCUT2D eigenvalue weighted by molar-refractivity contribution is 0.657. The molecule has 16 heavy (non-hydrogen) atoms. The van der Waals surface area contributed by atoms with Gasteiger partial charge in [0.15, 0.2) is 0 Å². The second-order valence-corrected chi connectivity index (χ2v) is 4.04. The molecule has 0 bridgehead atoms. The first kappa shape index (κ1) is 9.33. The maximum Gasteiger partial charge on any atom is 0.133 e. The van der Waals surface area contributed by atoms with Crippen molar-refractivity contribution in [2.24, 2.45) is 0 Å². The van der Waals surface area contributed by atoms with Crippen LogP contribution in [0.4, 0.5) is 5.82 Å². The minimum absolute atomic E-state index is 0.378. The zero-order chi connectivity index (χ0) is 10.8. The third kappa shape index (κ3) is 1.65. The largest absolute Gasteiger partial charge is 0.363 e. The Hall–Kier alpha value is -1.90. The van der Waals surface area contributed by atoms with E-state index in [1.54, 1.807) is 6.33 Å². The summed E-state index contributed by atoms with van der Waals surface area (Å²) < 4.78 is 0. The molecule has 2 aromatic rings. The van der Waals surface area contributed by atoms with Crippen LogP contribution in [-0.4, -0.2) is 9.97 Å². The molecule has 3 nitrogen and oxygen atoms in total. The molecule has 80 valence electrons. The molecule has 0 aliphatic carbocycles. The lowest BCUT2D eigenvalue weighted by Gasteiger charge is -2.25. The minimum Gasteiger partial charge on any atom is -0.363 e. The van der Waals surface area contributed by atoms with Crippen LogP contribution < -0.4 is 5.32 Å². The Labute approximate surface area is 94.6 Å². The van der Waals surface area contributed by atoms with Crippen molar-refractivity contribution >= 4 is 5.82 Å². The highest BCUT2D eigenvalue weighted by molar-refractivity contribution is 5.47. The van der Waals surface area contributed by atoms with Gasteiger partial charge in [0.25, 0.3) is 0 Å². The van der Waals surface area contributed by atoms with Crippen LogP contribution in [0.15, 0.2) is 42.9 Å². The summed E-state index contributed by atoms with van der Waals surface area (Å²) in [6.45, 7) is 0. The molecule has 1 aliphatic rings. The number of aromatic nitrogens is 2. The predicted molar refractivity (Wildman–Crippen MR) is 63.2 cm³/mol. The molecule has 0 saturated carbocycles. The normalized spacial score (nSPS) is 18.6. The van der Waals surface area contributed by atoms with Crippen molar-refractivity contribution in [3.05, 3.63) is 54.0 Å². The lowest BCUT2D eigenvalue weighted by atomic mass is 9.96. The highest BCUT2D eigenvalue weighted by atomic mass is 15.0. The molecule has 1 N–H and O–H groups in total. The summed E-state index contributed by atoms with van der Waals surface area (Å²) in [5, 5.41) is 3.46. The topological polar surface area (TPSA) is 37.8 Å². The molecular formula is C13H13N3. The van der Waals surface area contributed by atoms with Gasteiger partial charge in [-0.3, -0.25) is 0 Å². The van der Waals surface area contributed by atoms with Gasteiger partial charge < -0.3 is 5.32 Å². The summed E-state index contributed by atoms with van der Waals surface area (Å²) in [5.74, 6) is 0.982. The molecule has 0 spiro atoms. The van der Waals surface area contributed by atoms with Crippen LogP contribution in [0.3, 0.4) is 0 Å². The number of fused-ring (bicyclic) bond motifs is 1. The maximum absolute atomic E-state index is 4.27. The highest BCUT2D eigenvalue weighted by Crippen LogP contribution is 2.30. The van der Waals surface area contributed by atoms with Gasteiger partial charge in [0.2, 0.25) is 0 Å². The van der Waals surface area contributed by atoms with E-state index in [-0.39, 0.29) is 0 Å². The van der Waals surface area contributed by atoms with Gasteiger partial charge >= 0.3 is 0 Å². The number of hydrogen-bond donors (Lipinski definition) is 1. The van der Waals surface area contributed by atoms with E-state index in [1.165, 1.54) is 11.1 Å². The zero-order valence-corrected chi connectivity index (χ0v) is 8.93. The second-order valence-electron chi connectivity index (χ2n) is 4.04. The molecule has 0 fully saturated rings. The fourth-order valence-electron chi connectivity index (χ4n) is 2.14. The molecule has 2 heterocycles. The average Bonchev–Trinajstić information content (AvgIpc) is 2.39. The van der Waals surface area contributed by atoms with Gasteiger partial charge in [-0.05, 0) is 18.4 Å². The van der Waals surface area contributed by atoms with Crippen LogP contribution in [0.25, 0.3) is 0 Å². The number of nitrogens with zero attached hydrogens (tertiary/aromatic N) is 2. The molecule has 1 unspecified atom stereocenters. The van der Waals surface area contributed by atoms with Gasteiger partial charge in [-0.25, -0.2) is 9.97 Å². The number of rotatable bonds is 1. The number of hydrogen-bond acceptors (Lipinski definition) is 3. The summed E-state index contributed by atoms with van der Waals surface area (Å²) in [4.78, 5) is 8.32. The van der Waals surface area contributed by atoms with E-state index >= 15 is 0 Å². The first-order valence-electron chi connectivity index (χ1n) is 5.54. The molecule has 1 atom stereocenters. The predicted octanol–water partition coefficient (Wildman–Crippen LogP) is 2.58. The Morgan fingerprint density at radius 1 is 1.19 bits per heavy atom. The Kier molecular flexibility index (Phi) is 2.29. The summed E-state index contributed by atoms with van der Waals surface area (Å²) in [6, 6.07) is 10.9. The van der Waals surface area contributed by atoms with Crippen molar-refractivity contribution in [2.45, 2.75) is 18.9 Å². The van der Waals surface area contributed by atoms with E-state index < -0.39 is 0 Å². The zero-order valence-electron chi connectivity index (χ0n) is 8.93. The molecule has 0 amide bonds. The van der Waals surface area contributed by atoms with Gasteiger partial charge in [-0.2, -0.15) is 0 Å². The molecule has 0 saturated heterocycles. The molecule has 3 heteroatoms. The minimum atomic E-state index is 0.378. The Bertz CT molecular complexity index is 482. The molecule has 3 rings (SSSR count). The number of benzene rings is 1. The van der Waals surface area contributed by atoms with Crippen LogP contribution in [0, 0.1) is 0 Å². The molecule has 1 aromatic heterocycles. The van der Waals surface area contributed by atoms with Crippen LogP contribution in [-0.2, 0) is 6.42 Å². The summed E-state index contributed by atoms with van der Waals surface area (Å²) >= 11 is 0. The first-order chi connectivity index (χ1) is 7.93. The van der Waals surface area contributed by atoms with Crippen molar-refractivity contribution in [1.29, 1.82) is 0 Å². The Balaban J connectivity index is 1.89. The van der Waals surface area contributed by atoms with E-state index in [0.717, 1.165) is 18.7 Å².